The van der Waals surface area contributed by atoms with Crippen LogP contribution in [0.2, 0.25) is 5.02 Å². The van der Waals surface area contributed by atoms with Crippen molar-refractivity contribution in [3.63, 3.8) is 0 Å². The smallest absolute Gasteiger partial charge is 0.244 e. The minimum absolute atomic E-state index is 0.174. The zero-order valence-electron chi connectivity index (χ0n) is 19.8. The van der Waals surface area contributed by atoms with E-state index in [1.54, 1.807) is 19.1 Å². The number of benzene rings is 2. The van der Waals surface area contributed by atoms with Crippen molar-refractivity contribution >= 4 is 39.1 Å². The zero-order valence-corrected chi connectivity index (χ0v) is 21.3. The topological polar surface area (TPSA) is 86.8 Å². The Labute approximate surface area is 201 Å². The van der Waals surface area contributed by atoms with E-state index in [1.165, 1.54) is 11.0 Å². The highest BCUT2D eigenvalue weighted by Gasteiger charge is 2.30. The molecule has 0 heterocycles. The molecule has 0 radical (unpaired) electrons. The maximum atomic E-state index is 13.4. The first-order chi connectivity index (χ1) is 15.4. The van der Waals surface area contributed by atoms with Crippen molar-refractivity contribution in [3.8, 4) is 0 Å². The van der Waals surface area contributed by atoms with Crippen molar-refractivity contribution < 1.29 is 18.0 Å². The summed E-state index contributed by atoms with van der Waals surface area (Å²) in [6.07, 6.45) is 1.80. The molecule has 0 spiro atoms. The number of hydrogen-bond acceptors (Lipinski definition) is 4. The van der Waals surface area contributed by atoms with E-state index in [0.29, 0.717) is 17.3 Å². The molecular weight excluding hydrogens is 462 g/mol. The van der Waals surface area contributed by atoms with Gasteiger partial charge in [0.1, 0.15) is 12.6 Å². The van der Waals surface area contributed by atoms with Crippen LogP contribution in [-0.2, 0) is 26.2 Å². The van der Waals surface area contributed by atoms with E-state index in [4.69, 9.17) is 11.6 Å². The number of halogens is 1. The molecule has 0 aromatic heterocycles. The normalized spacial score (nSPS) is 12.2. The molecule has 180 valence electrons. The van der Waals surface area contributed by atoms with Gasteiger partial charge in [0.25, 0.3) is 0 Å². The lowest BCUT2D eigenvalue weighted by Crippen LogP contribution is -2.51. The molecule has 1 unspecified atom stereocenters. The third-order valence-corrected chi connectivity index (χ3v) is 6.82. The van der Waals surface area contributed by atoms with Crippen molar-refractivity contribution in [2.75, 3.05) is 23.7 Å². The number of carbonyl (C=O) groups is 2. The minimum atomic E-state index is -3.79. The Hall–Kier alpha value is -2.58. The summed E-state index contributed by atoms with van der Waals surface area (Å²) >= 11 is 6.20. The molecule has 0 saturated heterocycles. The van der Waals surface area contributed by atoms with Gasteiger partial charge >= 0.3 is 0 Å². The molecule has 0 aliphatic carbocycles. The molecule has 0 fully saturated rings. The van der Waals surface area contributed by atoms with Gasteiger partial charge in [-0.25, -0.2) is 8.42 Å². The van der Waals surface area contributed by atoms with E-state index in [9.17, 15) is 18.0 Å². The van der Waals surface area contributed by atoms with Crippen LogP contribution in [0.5, 0.6) is 0 Å². The van der Waals surface area contributed by atoms with Crippen LogP contribution < -0.4 is 9.62 Å². The van der Waals surface area contributed by atoms with Crippen molar-refractivity contribution in [3.05, 3.63) is 64.2 Å². The molecule has 2 aromatic carbocycles. The number of amides is 2. The number of hydrogen-bond donors (Lipinski definition) is 1. The summed E-state index contributed by atoms with van der Waals surface area (Å²) in [5.74, 6) is -0.778. The highest BCUT2D eigenvalue weighted by molar-refractivity contribution is 7.92. The molecule has 2 rings (SSSR count). The first kappa shape index (κ1) is 26.7. The van der Waals surface area contributed by atoms with Crippen molar-refractivity contribution in [2.45, 2.75) is 46.7 Å². The number of carbonyl (C=O) groups excluding carboxylic acids is 2. The number of nitrogens with zero attached hydrogens (tertiary/aromatic N) is 2. The van der Waals surface area contributed by atoms with E-state index < -0.39 is 28.5 Å². The molecule has 1 N–H and O–H groups in total. The molecule has 1 atom stereocenters. The van der Waals surface area contributed by atoms with Crippen LogP contribution in [0.4, 0.5) is 5.69 Å². The van der Waals surface area contributed by atoms with E-state index >= 15 is 0 Å². The third-order valence-electron chi connectivity index (χ3n) is 5.27. The molecule has 7 nitrogen and oxygen atoms in total. The molecule has 0 aliphatic heterocycles. The lowest BCUT2D eigenvalue weighted by atomic mass is 10.1. The first-order valence-corrected chi connectivity index (χ1v) is 13.0. The van der Waals surface area contributed by atoms with Gasteiger partial charge in [0.2, 0.25) is 21.8 Å². The second-order valence-electron chi connectivity index (χ2n) is 8.18. The van der Waals surface area contributed by atoms with Crippen LogP contribution in [0.15, 0.2) is 42.5 Å². The molecular formula is C24H32ClN3O4S. The van der Waals surface area contributed by atoms with Gasteiger partial charge in [-0.05, 0) is 50.5 Å². The average Bonchev–Trinajstić information content (AvgIpc) is 2.74. The summed E-state index contributed by atoms with van der Waals surface area (Å²) in [6.45, 7) is 7.56. The van der Waals surface area contributed by atoms with Crippen LogP contribution in [0.25, 0.3) is 0 Å². The number of aryl methyl sites for hydroxylation is 2. The number of sulfonamides is 1. The Morgan fingerprint density at radius 1 is 1.12 bits per heavy atom. The monoisotopic (exact) mass is 493 g/mol. The van der Waals surface area contributed by atoms with E-state index in [-0.39, 0.29) is 12.5 Å². The lowest BCUT2D eigenvalue weighted by molar-refractivity contribution is -0.139. The van der Waals surface area contributed by atoms with Gasteiger partial charge in [-0.1, -0.05) is 54.4 Å². The van der Waals surface area contributed by atoms with E-state index in [1.807, 2.05) is 45.0 Å². The van der Waals surface area contributed by atoms with Crippen molar-refractivity contribution in [2.24, 2.45) is 0 Å². The van der Waals surface area contributed by atoms with Gasteiger partial charge in [-0.3, -0.25) is 13.9 Å². The fourth-order valence-electron chi connectivity index (χ4n) is 3.34. The summed E-state index contributed by atoms with van der Waals surface area (Å²) in [7, 11) is -3.79. The molecule has 2 amide bonds. The highest BCUT2D eigenvalue weighted by Crippen LogP contribution is 2.25. The predicted molar refractivity (Wildman–Crippen MR) is 133 cm³/mol. The average molecular weight is 494 g/mol. The first-order valence-electron chi connectivity index (χ1n) is 10.8. The number of anilines is 1. The number of rotatable bonds is 10. The molecule has 0 bridgehead atoms. The Kier molecular flexibility index (Phi) is 9.31. The van der Waals surface area contributed by atoms with Crippen LogP contribution in [0.1, 0.15) is 37.0 Å². The number of nitrogens with one attached hydrogen (secondary N) is 1. The van der Waals surface area contributed by atoms with Gasteiger partial charge < -0.3 is 10.2 Å². The summed E-state index contributed by atoms with van der Waals surface area (Å²) in [4.78, 5) is 27.5. The maximum absolute atomic E-state index is 13.4. The standard InChI is InChI=1S/C24H32ClN3O4S/c1-6-12-26-24(30)19(4)27(15-20-9-7-8-17(2)13-20)23(29)16-28(33(5,31)32)21-11-10-18(3)22(25)14-21/h7-11,13-14,19H,6,12,15-16H2,1-5H3,(H,26,30). The summed E-state index contributed by atoms with van der Waals surface area (Å²) < 4.78 is 26.1. The molecule has 0 aliphatic rings. The Morgan fingerprint density at radius 2 is 1.82 bits per heavy atom. The fraction of sp³-hybridized carbons (Fsp3) is 0.417. The summed E-state index contributed by atoms with van der Waals surface area (Å²) in [6, 6.07) is 11.7. The van der Waals surface area contributed by atoms with E-state index in [0.717, 1.165) is 33.7 Å². The quantitative estimate of drug-likeness (QED) is 0.547. The zero-order chi connectivity index (χ0) is 24.8. The highest BCUT2D eigenvalue weighted by atomic mass is 35.5. The Bertz CT molecular complexity index is 1100. The Morgan fingerprint density at radius 3 is 2.39 bits per heavy atom. The van der Waals surface area contributed by atoms with Gasteiger partial charge in [-0.2, -0.15) is 0 Å². The second kappa shape index (κ2) is 11.5. The van der Waals surface area contributed by atoms with Gasteiger partial charge in [0.15, 0.2) is 0 Å². The fourth-order valence-corrected chi connectivity index (χ4v) is 4.35. The minimum Gasteiger partial charge on any atom is -0.354 e. The van der Waals surface area contributed by atoms with Crippen LogP contribution in [-0.4, -0.2) is 50.5 Å². The van der Waals surface area contributed by atoms with Crippen LogP contribution >= 0.6 is 11.6 Å². The van der Waals surface area contributed by atoms with Crippen LogP contribution in [0.3, 0.4) is 0 Å². The maximum Gasteiger partial charge on any atom is 0.244 e. The van der Waals surface area contributed by atoms with E-state index in [2.05, 4.69) is 5.32 Å². The lowest BCUT2D eigenvalue weighted by Gasteiger charge is -2.31. The molecule has 9 heteroatoms. The van der Waals surface area contributed by atoms with Gasteiger partial charge in [0, 0.05) is 18.1 Å². The SMILES string of the molecule is CCCNC(=O)C(C)N(Cc1cccc(C)c1)C(=O)CN(c1ccc(C)c(Cl)c1)S(C)(=O)=O. The van der Waals surface area contributed by atoms with Crippen LogP contribution in [0, 0.1) is 13.8 Å². The third kappa shape index (κ3) is 7.47. The van der Waals surface area contributed by atoms with Gasteiger partial charge in [-0.15, -0.1) is 0 Å². The Balaban J connectivity index is 2.39. The van der Waals surface area contributed by atoms with Crippen molar-refractivity contribution in [1.82, 2.24) is 10.2 Å². The van der Waals surface area contributed by atoms with Crippen molar-refractivity contribution in [1.29, 1.82) is 0 Å². The predicted octanol–water partition coefficient (Wildman–Crippen LogP) is 3.67. The van der Waals surface area contributed by atoms with Gasteiger partial charge in [0.05, 0.1) is 11.9 Å². The molecule has 33 heavy (non-hydrogen) atoms. The second-order valence-corrected chi connectivity index (χ2v) is 10.5. The largest absolute Gasteiger partial charge is 0.354 e. The summed E-state index contributed by atoms with van der Waals surface area (Å²) in [5, 5.41) is 3.21. The summed E-state index contributed by atoms with van der Waals surface area (Å²) in [5.41, 5.74) is 2.96. The molecule has 0 saturated carbocycles. The molecule has 2 aromatic rings.